The summed E-state index contributed by atoms with van der Waals surface area (Å²) in [7, 11) is 0. The maximum absolute atomic E-state index is 12.5. The first-order chi connectivity index (χ1) is 16.3. The number of thiocarbonyl (C=S) groups is 1. The Morgan fingerprint density at radius 1 is 0.824 bits per heavy atom. The number of ether oxygens (including phenoxy) is 1. The molecule has 0 aliphatic heterocycles. The molecule has 0 aromatic heterocycles. The molecule has 1 unspecified atom stereocenters. The minimum atomic E-state index is -0.321. The van der Waals surface area contributed by atoms with Crippen LogP contribution >= 0.6 is 12.2 Å². The Hall–Kier alpha value is -3.71. The van der Waals surface area contributed by atoms with Gasteiger partial charge in [0.1, 0.15) is 5.75 Å². The fourth-order valence-electron chi connectivity index (χ4n) is 3.11. The molecule has 1 atom stereocenters. The van der Waals surface area contributed by atoms with Crippen molar-refractivity contribution in [3.63, 3.8) is 0 Å². The maximum atomic E-state index is 12.5. The normalized spacial score (nSPS) is 11.4. The third-order valence-electron chi connectivity index (χ3n) is 4.98. The zero-order chi connectivity index (χ0) is 24.5. The van der Waals surface area contributed by atoms with Crippen LogP contribution in [-0.4, -0.2) is 23.5 Å². The summed E-state index contributed by atoms with van der Waals surface area (Å²) in [6, 6.07) is 23.5. The second-order valence-electron chi connectivity index (χ2n) is 8.32. The van der Waals surface area contributed by atoms with E-state index in [1.165, 1.54) is 0 Å². The topological polar surface area (TPSA) is 79.5 Å². The molecule has 3 aromatic carbocycles. The van der Waals surface area contributed by atoms with Crippen LogP contribution in [0.2, 0.25) is 0 Å². The highest BCUT2D eigenvalue weighted by molar-refractivity contribution is 7.80. The summed E-state index contributed by atoms with van der Waals surface area (Å²) < 4.78 is 5.63. The summed E-state index contributed by atoms with van der Waals surface area (Å²) in [6.07, 6.45) is 0. The molecule has 34 heavy (non-hydrogen) atoms. The summed E-state index contributed by atoms with van der Waals surface area (Å²) in [4.78, 5) is 25.0. The SMILES string of the molecule is CC(C)COc1ccc(C(=O)NC(=S)Nc2ccc(C(=O)NC(C)c3ccccc3)cc2)cc1. The predicted molar refractivity (Wildman–Crippen MR) is 139 cm³/mol. The lowest BCUT2D eigenvalue weighted by Gasteiger charge is -2.15. The minimum Gasteiger partial charge on any atom is -0.493 e. The molecule has 0 radical (unpaired) electrons. The first kappa shape index (κ1) is 24.9. The summed E-state index contributed by atoms with van der Waals surface area (Å²) in [5.41, 5.74) is 2.70. The van der Waals surface area contributed by atoms with E-state index in [9.17, 15) is 9.59 Å². The number of hydrogen-bond donors (Lipinski definition) is 3. The lowest BCUT2D eigenvalue weighted by atomic mass is 10.1. The summed E-state index contributed by atoms with van der Waals surface area (Å²) in [6.45, 7) is 6.71. The van der Waals surface area contributed by atoms with Crippen molar-refractivity contribution in [1.29, 1.82) is 0 Å². The highest BCUT2D eigenvalue weighted by Gasteiger charge is 2.12. The maximum Gasteiger partial charge on any atom is 0.257 e. The van der Waals surface area contributed by atoms with Crippen LogP contribution < -0.4 is 20.7 Å². The highest BCUT2D eigenvalue weighted by Crippen LogP contribution is 2.15. The van der Waals surface area contributed by atoms with E-state index in [0.717, 1.165) is 5.56 Å². The van der Waals surface area contributed by atoms with Crippen LogP contribution in [0.5, 0.6) is 5.75 Å². The van der Waals surface area contributed by atoms with Crippen molar-refractivity contribution >= 4 is 34.8 Å². The number of nitrogens with one attached hydrogen (secondary N) is 3. The van der Waals surface area contributed by atoms with E-state index in [1.54, 1.807) is 48.5 Å². The molecule has 0 aliphatic rings. The molecule has 0 saturated carbocycles. The van der Waals surface area contributed by atoms with Gasteiger partial charge in [0.05, 0.1) is 12.6 Å². The molecule has 3 rings (SSSR count). The number of carbonyl (C=O) groups excluding carboxylic acids is 2. The number of anilines is 1. The molecule has 6 nitrogen and oxygen atoms in total. The Morgan fingerprint density at radius 2 is 1.41 bits per heavy atom. The van der Waals surface area contributed by atoms with Crippen molar-refractivity contribution in [2.24, 2.45) is 5.92 Å². The lowest BCUT2D eigenvalue weighted by Crippen LogP contribution is -2.34. The lowest BCUT2D eigenvalue weighted by molar-refractivity contribution is 0.0938. The Balaban J connectivity index is 1.50. The van der Waals surface area contributed by atoms with E-state index in [-0.39, 0.29) is 23.0 Å². The van der Waals surface area contributed by atoms with E-state index in [4.69, 9.17) is 17.0 Å². The van der Waals surface area contributed by atoms with Crippen molar-refractivity contribution in [2.45, 2.75) is 26.8 Å². The standard InChI is InChI=1S/C27H29N3O3S/c1-18(2)17-33-24-15-11-22(12-16-24)26(32)30-27(34)29-23-13-9-21(10-14-23)25(31)28-19(3)20-7-5-4-6-8-20/h4-16,18-19H,17H2,1-3H3,(H,28,31)(H2,29,30,32,34). The van der Waals surface area contributed by atoms with Gasteiger partial charge in [-0.15, -0.1) is 0 Å². The third kappa shape index (κ3) is 7.42. The van der Waals surface area contributed by atoms with Crippen LogP contribution in [0.25, 0.3) is 0 Å². The molecule has 0 saturated heterocycles. The van der Waals surface area contributed by atoms with Gasteiger partial charge in [-0.1, -0.05) is 44.2 Å². The average molecular weight is 476 g/mol. The molecular weight excluding hydrogens is 446 g/mol. The monoisotopic (exact) mass is 475 g/mol. The van der Waals surface area contributed by atoms with Gasteiger partial charge < -0.3 is 15.4 Å². The van der Waals surface area contributed by atoms with Gasteiger partial charge in [-0.3, -0.25) is 14.9 Å². The molecule has 0 fully saturated rings. The van der Waals surface area contributed by atoms with Crippen LogP contribution in [0.15, 0.2) is 78.9 Å². The largest absolute Gasteiger partial charge is 0.493 e. The fraction of sp³-hybridized carbons (Fsp3) is 0.222. The molecule has 0 spiro atoms. The number of rotatable bonds is 8. The van der Waals surface area contributed by atoms with Crippen molar-refractivity contribution in [2.75, 3.05) is 11.9 Å². The van der Waals surface area contributed by atoms with Crippen molar-refractivity contribution in [3.05, 3.63) is 95.6 Å². The van der Waals surface area contributed by atoms with E-state index in [2.05, 4.69) is 29.8 Å². The van der Waals surface area contributed by atoms with Gasteiger partial charge in [0, 0.05) is 16.8 Å². The number of hydrogen-bond acceptors (Lipinski definition) is 4. The van der Waals surface area contributed by atoms with E-state index in [1.807, 2.05) is 37.3 Å². The number of carbonyl (C=O) groups is 2. The third-order valence-corrected chi connectivity index (χ3v) is 5.18. The molecule has 176 valence electrons. The molecule has 7 heteroatoms. The first-order valence-corrected chi connectivity index (χ1v) is 11.5. The number of amides is 2. The summed E-state index contributed by atoms with van der Waals surface area (Å²) >= 11 is 5.26. The van der Waals surface area contributed by atoms with Crippen LogP contribution in [0, 0.1) is 5.92 Å². The summed E-state index contributed by atoms with van der Waals surface area (Å²) in [5, 5.41) is 8.77. The summed E-state index contributed by atoms with van der Waals surface area (Å²) in [5.74, 6) is 0.652. The first-order valence-electron chi connectivity index (χ1n) is 11.1. The van der Waals surface area contributed by atoms with Crippen molar-refractivity contribution in [1.82, 2.24) is 10.6 Å². The van der Waals surface area contributed by atoms with Gasteiger partial charge in [0.2, 0.25) is 0 Å². The second-order valence-corrected chi connectivity index (χ2v) is 8.73. The Labute approximate surface area is 205 Å². The Kier molecular flexibility index (Phi) is 8.76. The molecule has 2 amide bonds. The van der Waals surface area contributed by atoms with Gasteiger partial charge in [-0.25, -0.2) is 0 Å². The van der Waals surface area contributed by atoms with Crippen LogP contribution in [0.3, 0.4) is 0 Å². The highest BCUT2D eigenvalue weighted by atomic mass is 32.1. The zero-order valence-electron chi connectivity index (χ0n) is 19.5. The zero-order valence-corrected chi connectivity index (χ0v) is 20.3. The van der Waals surface area contributed by atoms with E-state index in [0.29, 0.717) is 35.1 Å². The Bertz CT molecular complexity index is 1110. The van der Waals surface area contributed by atoms with Crippen LogP contribution in [0.4, 0.5) is 5.69 Å². The average Bonchev–Trinajstić information content (AvgIpc) is 2.83. The molecule has 0 bridgehead atoms. The second kappa shape index (κ2) is 12.0. The van der Waals surface area contributed by atoms with Crippen LogP contribution in [0.1, 0.15) is 53.1 Å². The number of benzene rings is 3. The molecular formula is C27H29N3O3S. The quantitative estimate of drug-likeness (QED) is 0.383. The van der Waals surface area contributed by atoms with Gasteiger partial charge in [0.25, 0.3) is 11.8 Å². The van der Waals surface area contributed by atoms with Gasteiger partial charge in [0.15, 0.2) is 5.11 Å². The molecule has 3 aromatic rings. The molecule has 3 N–H and O–H groups in total. The smallest absolute Gasteiger partial charge is 0.257 e. The van der Waals surface area contributed by atoms with E-state index >= 15 is 0 Å². The van der Waals surface area contributed by atoms with E-state index < -0.39 is 0 Å². The van der Waals surface area contributed by atoms with Gasteiger partial charge in [-0.05, 0) is 79.2 Å². The minimum absolute atomic E-state index is 0.106. The van der Waals surface area contributed by atoms with Gasteiger partial charge >= 0.3 is 0 Å². The predicted octanol–water partition coefficient (Wildman–Crippen LogP) is 5.34. The molecule has 0 aliphatic carbocycles. The molecule has 0 heterocycles. The fourth-order valence-corrected chi connectivity index (χ4v) is 3.32. The van der Waals surface area contributed by atoms with Gasteiger partial charge in [-0.2, -0.15) is 0 Å². The van der Waals surface area contributed by atoms with Crippen molar-refractivity contribution < 1.29 is 14.3 Å². The van der Waals surface area contributed by atoms with Crippen molar-refractivity contribution in [3.8, 4) is 5.75 Å². The van der Waals surface area contributed by atoms with Crippen LogP contribution in [-0.2, 0) is 0 Å². The Morgan fingerprint density at radius 3 is 2.03 bits per heavy atom.